The zero-order valence-electron chi connectivity index (χ0n) is 9.92. The fourth-order valence-corrected chi connectivity index (χ4v) is 3.60. The summed E-state index contributed by atoms with van der Waals surface area (Å²) in [6, 6.07) is 1.19. The maximum Gasteiger partial charge on any atom is 0.243 e. The summed E-state index contributed by atoms with van der Waals surface area (Å²) in [6.07, 6.45) is 1.51. The van der Waals surface area contributed by atoms with Gasteiger partial charge in [-0.05, 0) is 47.4 Å². The minimum Gasteiger partial charge on any atom is -0.315 e. The van der Waals surface area contributed by atoms with Crippen LogP contribution in [0.5, 0.6) is 0 Å². The molecule has 0 spiro atoms. The Morgan fingerprint density at radius 2 is 2.05 bits per heavy atom. The Morgan fingerprint density at radius 3 is 2.68 bits per heavy atom. The van der Waals surface area contributed by atoms with Crippen molar-refractivity contribution in [3.8, 4) is 0 Å². The second kappa shape index (κ2) is 5.82. The zero-order valence-corrected chi connectivity index (χ0v) is 12.3. The molecule has 8 heteroatoms. The Morgan fingerprint density at radius 1 is 1.32 bits per heavy atom. The molecule has 106 valence electrons. The normalized spacial score (nSPS) is 20.5. The van der Waals surface area contributed by atoms with Gasteiger partial charge in [0.1, 0.15) is 16.5 Å². The molecule has 0 amide bonds. The number of halogens is 3. The van der Waals surface area contributed by atoms with Crippen LogP contribution in [0.2, 0.25) is 0 Å². The summed E-state index contributed by atoms with van der Waals surface area (Å²) in [5.74, 6) is -1.80. The van der Waals surface area contributed by atoms with E-state index in [0.29, 0.717) is 19.0 Å². The molecule has 19 heavy (non-hydrogen) atoms. The second-order valence-electron chi connectivity index (χ2n) is 4.36. The van der Waals surface area contributed by atoms with Crippen molar-refractivity contribution in [2.24, 2.45) is 0 Å². The first-order valence-corrected chi connectivity index (χ1v) is 8.05. The molecule has 1 fully saturated rings. The molecule has 2 rings (SSSR count). The lowest BCUT2D eigenvalue weighted by atomic mass is 10.1. The van der Waals surface area contributed by atoms with Gasteiger partial charge in [-0.25, -0.2) is 21.9 Å². The molecule has 0 aromatic heterocycles. The van der Waals surface area contributed by atoms with E-state index in [2.05, 4.69) is 26.0 Å². The maximum atomic E-state index is 13.6. The van der Waals surface area contributed by atoms with Crippen molar-refractivity contribution >= 4 is 26.0 Å². The van der Waals surface area contributed by atoms with Gasteiger partial charge in [0, 0.05) is 12.6 Å². The number of nitrogens with one attached hydrogen (secondary N) is 2. The molecule has 0 aliphatic carbocycles. The molecule has 1 unspecified atom stereocenters. The Bertz CT molecular complexity index is 574. The summed E-state index contributed by atoms with van der Waals surface area (Å²) < 4.78 is 53.3. The molecule has 1 atom stereocenters. The van der Waals surface area contributed by atoms with Gasteiger partial charge >= 0.3 is 0 Å². The predicted octanol–water partition coefficient (Wildman–Crippen LogP) is 1.76. The van der Waals surface area contributed by atoms with Gasteiger partial charge in [-0.1, -0.05) is 0 Å². The molecule has 4 nitrogen and oxygen atoms in total. The smallest absolute Gasteiger partial charge is 0.243 e. The van der Waals surface area contributed by atoms with Gasteiger partial charge in [0.05, 0.1) is 4.47 Å². The number of rotatable bonds is 3. The fraction of sp³-hybridized carbons (Fsp3) is 0.455. The van der Waals surface area contributed by atoms with E-state index >= 15 is 0 Å². The SMILES string of the molecule is O=S(=O)(NC1CCCNC1)c1cc(F)c(Br)cc1F. The van der Waals surface area contributed by atoms with E-state index in [9.17, 15) is 17.2 Å². The largest absolute Gasteiger partial charge is 0.315 e. The van der Waals surface area contributed by atoms with Crippen LogP contribution in [0.3, 0.4) is 0 Å². The molecule has 1 aliphatic heterocycles. The highest BCUT2D eigenvalue weighted by Gasteiger charge is 2.25. The monoisotopic (exact) mass is 354 g/mol. The van der Waals surface area contributed by atoms with Crippen LogP contribution in [-0.2, 0) is 10.0 Å². The zero-order chi connectivity index (χ0) is 14.0. The maximum absolute atomic E-state index is 13.6. The molecular formula is C11H13BrF2N2O2S. The van der Waals surface area contributed by atoms with Crippen molar-refractivity contribution in [2.45, 2.75) is 23.8 Å². The summed E-state index contributed by atoms with van der Waals surface area (Å²) in [7, 11) is -4.06. The summed E-state index contributed by atoms with van der Waals surface area (Å²) >= 11 is 2.81. The molecule has 1 aromatic carbocycles. The number of benzene rings is 1. The van der Waals surface area contributed by atoms with Crippen molar-refractivity contribution in [1.82, 2.24) is 10.0 Å². The third-order valence-electron chi connectivity index (χ3n) is 2.88. The topological polar surface area (TPSA) is 58.2 Å². The van der Waals surface area contributed by atoms with Crippen LogP contribution in [-0.4, -0.2) is 27.5 Å². The Kier molecular flexibility index (Phi) is 4.54. The van der Waals surface area contributed by atoms with Gasteiger partial charge < -0.3 is 5.32 Å². The van der Waals surface area contributed by atoms with Crippen molar-refractivity contribution in [2.75, 3.05) is 13.1 Å². The average Bonchev–Trinajstić information content (AvgIpc) is 2.34. The van der Waals surface area contributed by atoms with E-state index in [-0.39, 0.29) is 10.5 Å². The third-order valence-corrected chi connectivity index (χ3v) is 5.03. The first kappa shape index (κ1) is 14.8. The van der Waals surface area contributed by atoms with Gasteiger partial charge in [0.2, 0.25) is 10.0 Å². The van der Waals surface area contributed by atoms with E-state index in [1.165, 1.54) is 0 Å². The molecule has 0 radical (unpaired) electrons. The lowest BCUT2D eigenvalue weighted by Gasteiger charge is -2.23. The standard InChI is InChI=1S/C11H13BrF2N2O2S/c12-8-4-10(14)11(5-9(8)13)19(17,18)16-7-2-1-3-15-6-7/h4-5,7,15-16H,1-3,6H2. The van der Waals surface area contributed by atoms with Crippen molar-refractivity contribution < 1.29 is 17.2 Å². The van der Waals surface area contributed by atoms with Crippen molar-refractivity contribution in [3.05, 3.63) is 28.2 Å². The summed E-state index contributed by atoms with van der Waals surface area (Å²) in [5.41, 5.74) is 0. The molecule has 0 bridgehead atoms. The van der Waals surface area contributed by atoms with Crippen LogP contribution >= 0.6 is 15.9 Å². The highest BCUT2D eigenvalue weighted by Crippen LogP contribution is 2.23. The minimum absolute atomic E-state index is 0.108. The minimum atomic E-state index is -4.06. The van der Waals surface area contributed by atoms with Gasteiger partial charge in [-0.2, -0.15) is 0 Å². The molecule has 0 saturated carbocycles. The van der Waals surface area contributed by atoms with Crippen LogP contribution in [0.4, 0.5) is 8.78 Å². The van der Waals surface area contributed by atoms with E-state index in [4.69, 9.17) is 0 Å². The summed E-state index contributed by atoms with van der Waals surface area (Å²) in [5, 5.41) is 3.04. The summed E-state index contributed by atoms with van der Waals surface area (Å²) in [4.78, 5) is -0.668. The van der Waals surface area contributed by atoms with Crippen LogP contribution in [0.15, 0.2) is 21.5 Å². The Hall–Kier alpha value is -0.570. The second-order valence-corrected chi connectivity index (χ2v) is 6.90. The lowest BCUT2D eigenvalue weighted by Crippen LogP contribution is -2.45. The van der Waals surface area contributed by atoms with E-state index in [1.807, 2.05) is 0 Å². The number of hydrogen-bond acceptors (Lipinski definition) is 3. The average molecular weight is 355 g/mol. The third kappa shape index (κ3) is 3.50. The number of piperidine rings is 1. The molecule has 1 aromatic rings. The highest BCUT2D eigenvalue weighted by atomic mass is 79.9. The first-order chi connectivity index (χ1) is 8.90. The van der Waals surface area contributed by atoms with E-state index in [0.717, 1.165) is 19.0 Å². The van der Waals surface area contributed by atoms with Crippen molar-refractivity contribution in [1.29, 1.82) is 0 Å². The Labute approximate surface area is 118 Å². The van der Waals surface area contributed by atoms with E-state index in [1.54, 1.807) is 0 Å². The van der Waals surface area contributed by atoms with Gasteiger partial charge in [0.25, 0.3) is 0 Å². The van der Waals surface area contributed by atoms with Crippen molar-refractivity contribution in [3.63, 3.8) is 0 Å². The predicted molar refractivity (Wildman–Crippen MR) is 70.3 cm³/mol. The van der Waals surface area contributed by atoms with Crippen LogP contribution in [0, 0.1) is 11.6 Å². The van der Waals surface area contributed by atoms with Crippen LogP contribution < -0.4 is 10.0 Å². The molecular weight excluding hydrogens is 342 g/mol. The van der Waals surface area contributed by atoms with Crippen LogP contribution in [0.1, 0.15) is 12.8 Å². The molecule has 1 heterocycles. The number of hydrogen-bond donors (Lipinski definition) is 2. The summed E-state index contributed by atoms with van der Waals surface area (Å²) in [6.45, 7) is 1.32. The molecule has 1 aliphatic rings. The van der Waals surface area contributed by atoms with Gasteiger partial charge in [0.15, 0.2) is 0 Å². The first-order valence-electron chi connectivity index (χ1n) is 5.78. The molecule has 2 N–H and O–H groups in total. The van der Waals surface area contributed by atoms with E-state index < -0.39 is 26.6 Å². The lowest BCUT2D eigenvalue weighted by molar-refractivity contribution is 0.427. The van der Waals surface area contributed by atoms with Crippen LogP contribution in [0.25, 0.3) is 0 Å². The highest BCUT2D eigenvalue weighted by molar-refractivity contribution is 9.10. The Balaban J connectivity index is 2.26. The fourth-order valence-electron chi connectivity index (χ4n) is 1.95. The quantitative estimate of drug-likeness (QED) is 0.813. The molecule has 1 saturated heterocycles. The van der Waals surface area contributed by atoms with Gasteiger partial charge in [-0.15, -0.1) is 0 Å². The van der Waals surface area contributed by atoms with Gasteiger partial charge in [-0.3, -0.25) is 0 Å². The number of sulfonamides is 1.